The Morgan fingerprint density at radius 3 is 2.93 bits per heavy atom. The Morgan fingerprint density at radius 2 is 2.21 bits per heavy atom. The van der Waals surface area contributed by atoms with Gasteiger partial charge in [0.1, 0.15) is 0 Å². The van der Waals surface area contributed by atoms with Crippen molar-refractivity contribution >= 4 is 0 Å². The van der Waals surface area contributed by atoms with Crippen LogP contribution in [0, 0.1) is 5.41 Å². The van der Waals surface area contributed by atoms with E-state index in [-0.39, 0.29) is 0 Å². The number of rotatable bonds is 1. The van der Waals surface area contributed by atoms with Crippen LogP contribution in [0.2, 0.25) is 0 Å². The van der Waals surface area contributed by atoms with E-state index in [4.69, 9.17) is 4.74 Å². The predicted octanol–water partition coefficient (Wildman–Crippen LogP) is 2.61. The minimum Gasteiger partial charge on any atom is -0.477 e. The zero-order chi connectivity index (χ0) is 10.2. The normalized spacial score (nSPS) is 15.1. The smallest absolute Gasteiger partial charge is 0.216 e. The minimum atomic E-state index is 0.331. The number of ether oxygens (including phenoxy) is 1. The fourth-order valence-corrected chi connectivity index (χ4v) is 1.89. The summed E-state index contributed by atoms with van der Waals surface area (Å²) >= 11 is 0. The van der Waals surface area contributed by atoms with Gasteiger partial charge in [0, 0.05) is 18.2 Å². The van der Waals surface area contributed by atoms with E-state index in [0.717, 1.165) is 25.3 Å². The average Bonchev–Trinajstić information content (AvgIpc) is 2.49. The van der Waals surface area contributed by atoms with Gasteiger partial charge in [-0.15, -0.1) is 0 Å². The van der Waals surface area contributed by atoms with Gasteiger partial charge < -0.3 is 4.74 Å². The standard InChI is InChI=1S/C12H17NO/c1-12(2,3)8-9-4-6-13-11-10(9)5-7-14-11/h4,6H,5,7-8H2,1-3H3. The summed E-state index contributed by atoms with van der Waals surface area (Å²) in [7, 11) is 0. The van der Waals surface area contributed by atoms with Gasteiger partial charge in [-0.3, -0.25) is 0 Å². The summed E-state index contributed by atoms with van der Waals surface area (Å²) in [4.78, 5) is 4.23. The van der Waals surface area contributed by atoms with Gasteiger partial charge in [-0.05, 0) is 23.5 Å². The van der Waals surface area contributed by atoms with Gasteiger partial charge >= 0.3 is 0 Å². The van der Waals surface area contributed by atoms with E-state index in [1.807, 2.05) is 6.20 Å². The van der Waals surface area contributed by atoms with Crippen LogP contribution in [0.15, 0.2) is 12.3 Å². The van der Waals surface area contributed by atoms with Crippen LogP contribution in [0.1, 0.15) is 31.9 Å². The fourth-order valence-electron chi connectivity index (χ4n) is 1.89. The highest BCUT2D eigenvalue weighted by Gasteiger charge is 2.20. The molecule has 0 bridgehead atoms. The topological polar surface area (TPSA) is 22.1 Å². The molecule has 1 aromatic rings. The van der Waals surface area contributed by atoms with Crippen molar-refractivity contribution in [1.29, 1.82) is 0 Å². The molecule has 0 spiro atoms. The second-order valence-electron chi connectivity index (χ2n) is 5.09. The number of fused-ring (bicyclic) bond motifs is 1. The summed E-state index contributed by atoms with van der Waals surface area (Å²) in [6, 6.07) is 2.12. The van der Waals surface area contributed by atoms with E-state index >= 15 is 0 Å². The number of hydrogen-bond acceptors (Lipinski definition) is 2. The zero-order valence-electron chi connectivity index (χ0n) is 9.13. The molecule has 0 amide bonds. The van der Waals surface area contributed by atoms with E-state index in [2.05, 4.69) is 31.8 Å². The lowest BCUT2D eigenvalue weighted by atomic mass is 9.86. The third-order valence-corrected chi connectivity index (χ3v) is 2.42. The molecule has 14 heavy (non-hydrogen) atoms. The Kier molecular flexibility index (Phi) is 2.22. The van der Waals surface area contributed by atoms with Gasteiger partial charge in [-0.1, -0.05) is 20.8 Å². The Morgan fingerprint density at radius 1 is 1.43 bits per heavy atom. The van der Waals surface area contributed by atoms with Crippen molar-refractivity contribution in [3.63, 3.8) is 0 Å². The Bertz CT molecular complexity index is 339. The van der Waals surface area contributed by atoms with Crippen molar-refractivity contribution in [3.05, 3.63) is 23.4 Å². The molecule has 2 nitrogen and oxygen atoms in total. The third kappa shape index (κ3) is 1.89. The monoisotopic (exact) mass is 191 g/mol. The molecule has 2 heteroatoms. The summed E-state index contributed by atoms with van der Waals surface area (Å²) in [5, 5.41) is 0. The Balaban J connectivity index is 2.31. The molecule has 0 aromatic carbocycles. The molecule has 1 aromatic heterocycles. The van der Waals surface area contributed by atoms with Gasteiger partial charge in [-0.2, -0.15) is 0 Å². The van der Waals surface area contributed by atoms with Crippen molar-refractivity contribution < 1.29 is 4.74 Å². The summed E-state index contributed by atoms with van der Waals surface area (Å²) in [5.74, 6) is 0.853. The molecule has 2 heterocycles. The lowest BCUT2D eigenvalue weighted by Crippen LogP contribution is -2.10. The van der Waals surface area contributed by atoms with Crippen LogP contribution in [0.4, 0.5) is 0 Å². The van der Waals surface area contributed by atoms with Crippen LogP contribution in [0.3, 0.4) is 0 Å². The molecule has 1 aliphatic heterocycles. The SMILES string of the molecule is CC(C)(C)Cc1ccnc2c1CCO2. The first-order valence-corrected chi connectivity index (χ1v) is 5.16. The van der Waals surface area contributed by atoms with E-state index in [1.165, 1.54) is 11.1 Å². The first-order chi connectivity index (χ1) is 6.56. The van der Waals surface area contributed by atoms with Gasteiger partial charge in [0.05, 0.1) is 6.61 Å². The fraction of sp³-hybridized carbons (Fsp3) is 0.583. The van der Waals surface area contributed by atoms with Crippen LogP contribution in [-0.4, -0.2) is 11.6 Å². The molecule has 0 saturated heterocycles. The Hall–Kier alpha value is -1.05. The zero-order valence-corrected chi connectivity index (χ0v) is 9.13. The number of aromatic nitrogens is 1. The third-order valence-electron chi connectivity index (χ3n) is 2.42. The van der Waals surface area contributed by atoms with Crippen LogP contribution in [0.5, 0.6) is 5.88 Å². The van der Waals surface area contributed by atoms with Crippen molar-refractivity contribution in [2.45, 2.75) is 33.6 Å². The highest BCUT2D eigenvalue weighted by atomic mass is 16.5. The van der Waals surface area contributed by atoms with Gasteiger partial charge in [0.2, 0.25) is 5.88 Å². The van der Waals surface area contributed by atoms with Gasteiger partial charge in [-0.25, -0.2) is 4.98 Å². The summed E-state index contributed by atoms with van der Waals surface area (Å²) in [6.07, 6.45) is 3.97. The summed E-state index contributed by atoms with van der Waals surface area (Å²) in [6.45, 7) is 7.57. The second-order valence-corrected chi connectivity index (χ2v) is 5.09. The van der Waals surface area contributed by atoms with E-state index in [1.54, 1.807) is 0 Å². The molecule has 1 aliphatic rings. The minimum absolute atomic E-state index is 0.331. The highest BCUT2D eigenvalue weighted by molar-refractivity contribution is 5.37. The van der Waals surface area contributed by atoms with Crippen molar-refractivity contribution in [3.8, 4) is 5.88 Å². The maximum atomic E-state index is 5.44. The van der Waals surface area contributed by atoms with Gasteiger partial charge in [0.15, 0.2) is 0 Å². The molecule has 0 radical (unpaired) electrons. The van der Waals surface area contributed by atoms with Crippen LogP contribution in [-0.2, 0) is 12.8 Å². The highest BCUT2D eigenvalue weighted by Crippen LogP contribution is 2.30. The lowest BCUT2D eigenvalue weighted by molar-refractivity contribution is 0.344. The molecule has 0 N–H and O–H groups in total. The number of hydrogen-bond donors (Lipinski definition) is 0. The number of nitrogens with zero attached hydrogens (tertiary/aromatic N) is 1. The molecule has 0 unspecified atom stereocenters. The summed E-state index contributed by atoms with van der Waals surface area (Å²) in [5.41, 5.74) is 3.06. The molecule has 0 fully saturated rings. The van der Waals surface area contributed by atoms with E-state index in [0.29, 0.717) is 5.41 Å². The maximum absolute atomic E-state index is 5.44. The second kappa shape index (κ2) is 3.26. The predicted molar refractivity (Wildman–Crippen MR) is 56.6 cm³/mol. The first kappa shape index (κ1) is 9.50. The Labute approximate surface area is 85.3 Å². The van der Waals surface area contributed by atoms with Crippen molar-refractivity contribution in [2.24, 2.45) is 5.41 Å². The molecular formula is C12H17NO. The van der Waals surface area contributed by atoms with Crippen LogP contribution < -0.4 is 4.74 Å². The molecular weight excluding hydrogens is 174 g/mol. The average molecular weight is 191 g/mol. The molecule has 2 rings (SSSR count). The molecule has 0 aliphatic carbocycles. The lowest BCUT2D eigenvalue weighted by Gasteiger charge is -2.19. The van der Waals surface area contributed by atoms with E-state index < -0.39 is 0 Å². The van der Waals surface area contributed by atoms with Crippen molar-refractivity contribution in [1.82, 2.24) is 4.98 Å². The summed E-state index contributed by atoms with van der Waals surface area (Å²) < 4.78 is 5.44. The number of pyridine rings is 1. The van der Waals surface area contributed by atoms with Crippen LogP contribution in [0.25, 0.3) is 0 Å². The molecule has 0 atom stereocenters. The van der Waals surface area contributed by atoms with Crippen LogP contribution >= 0.6 is 0 Å². The van der Waals surface area contributed by atoms with Gasteiger partial charge in [0.25, 0.3) is 0 Å². The van der Waals surface area contributed by atoms with Crippen molar-refractivity contribution in [2.75, 3.05) is 6.61 Å². The molecule has 76 valence electrons. The first-order valence-electron chi connectivity index (χ1n) is 5.16. The maximum Gasteiger partial charge on any atom is 0.216 e. The quantitative estimate of drug-likeness (QED) is 0.680. The van der Waals surface area contributed by atoms with E-state index in [9.17, 15) is 0 Å². The largest absolute Gasteiger partial charge is 0.477 e. The molecule has 0 saturated carbocycles.